The number of rotatable bonds is 5. The second-order valence-electron chi connectivity index (χ2n) is 7.03. The second kappa shape index (κ2) is 7.40. The van der Waals surface area contributed by atoms with Crippen molar-refractivity contribution in [3.63, 3.8) is 0 Å². The van der Waals surface area contributed by atoms with Crippen LogP contribution in [0.5, 0.6) is 0 Å². The lowest BCUT2D eigenvalue weighted by Crippen LogP contribution is -2.50. The Morgan fingerprint density at radius 3 is 2.38 bits per heavy atom. The number of hydrogen-bond donors (Lipinski definition) is 1. The van der Waals surface area contributed by atoms with Crippen LogP contribution in [0.4, 0.5) is 0 Å². The normalized spacial score (nSPS) is 28.6. The molecule has 0 aromatic rings. The van der Waals surface area contributed by atoms with Crippen LogP contribution in [0.15, 0.2) is 0 Å². The fourth-order valence-corrected chi connectivity index (χ4v) is 4.62. The summed E-state index contributed by atoms with van der Waals surface area (Å²) in [6.45, 7) is 10.6. The Morgan fingerprint density at radius 2 is 1.76 bits per heavy atom. The molecule has 0 aromatic carbocycles. The average Bonchev–Trinajstić information content (AvgIpc) is 2.45. The zero-order valence-electron chi connectivity index (χ0n) is 13.7. The van der Waals surface area contributed by atoms with E-state index >= 15 is 0 Å². The van der Waals surface area contributed by atoms with Gasteiger partial charge in [0.1, 0.15) is 0 Å². The molecule has 2 saturated heterocycles. The fraction of sp³-hybridized carbons (Fsp3) is 1.00. The van der Waals surface area contributed by atoms with Gasteiger partial charge in [0, 0.05) is 32.2 Å². The topological polar surface area (TPSA) is 52.7 Å². The molecule has 0 aliphatic carbocycles. The predicted octanol–water partition coefficient (Wildman–Crippen LogP) is 1.67. The zero-order valence-corrected chi connectivity index (χ0v) is 14.5. The first kappa shape index (κ1) is 17.2. The van der Waals surface area contributed by atoms with Gasteiger partial charge in [-0.25, -0.2) is 4.72 Å². The van der Waals surface area contributed by atoms with E-state index in [1.807, 2.05) is 0 Å². The molecular formula is C15H31N3O2S. The summed E-state index contributed by atoms with van der Waals surface area (Å²) in [5, 5.41) is 0. The minimum Gasteiger partial charge on any atom is -0.299 e. The Labute approximate surface area is 130 Å². The van der Waals surface area contributed by atoms with Crippen molar-refractivity contribution >= 4 is 10.2 Å². The van der Waals surface area contributed by atoms with Gasteiger partial charge in [0.05, 0.1) is 0 Å². The van der Waals surface area contributed by atoms with Gasteiger partial charge in [-0.15, -0.1) is 0 Å². The molecule has 124 valence electrons. The third-order valence-corrected chi connectivity index (χ3v) is 6.53. The summed E-state index contributed by atoms with van der Waals surface area (Å²) in [4.78, 5) is 2.41. The highest BCUT2D eigenvalue weighted by molar-refractivity contribution is 7.87. The Bertz CT molecular complexity index is 419. The minimum absolute atomic E-state index is 0.270. The molecule has 0 bridgehead atoms. The molecule has 2 atom stereocenters. The minimum atomic E-state index is -3.30. The van der Waals surface area contributed by atoms with E-state index in [4.69, 9.17) is 0 Å². The Balaban J connectivity index is 1.80. The zero-order chi connectivity index (χ0) is 15.5. The highest BCUT2D eigenvalue weighted by Gasteiger charge is 2.27. The van der Waals surface area contributed by atoms with Gasteiger partial charge in [0.25, 0.3) is 10.2 Å². The molecule has 1 N–H and O–H groups in total. The van der Waals surface area contributed by atoms with Crippen molar-refractivity contribution in [2.24, 2.45) is 11.8 Å². The van der Waals surface area contributed by atoms with Crippen LogP contribution in [0.2, 0.25) is 0 Å². The number of hydrogen-bond acceptors (Lipinski definition) is 3. The molecule has 0 unspecified atom stereocenters. The number of nitrogens with one attached hydrogen (secondary N) is 1. The number of piperidine rings is 2. The van der Waals surface area contributed by atoms with Crippen molar-refractivity contribution in [1.29, 1.82) is 0 Å². The van der Waals surface area contributed by atoms with Crippen molar-refractivity contribution < 1.29 is 8.42 Å². The van der Waals surface area contributed by atoms with E-state index in [1.165, 1.54) is 12.8 Å². The standard InChI is InChI=1S/C15H31N3O2S/c1-13-6-9-18(10-7-13)21(19,20)16-11-15(3)17-8-4-5-14(2)12-17/h13-16H,4-12H2,1-3H3/t14-,15-/m1/s1. The van der Waals surface area contributed by atoms with Crippen LogP contribution in [-0.2, 0) is 10.2 Å². The lowest BCUT2D eigenvalue weighted by atomic mass is 9.99. The first-order valence-corrected chi connectivity index (χ1v) is 9.81. The van der Waals surface area contributed by atoms with Crippen molar-refractivity contribution in [2.45, 2.75) is 52.5 Å². The maximum absolute atomic E-state index is 12.3. The van der Waals surface area contributed by atoms with Crippen molar-refractivity contribution in [2.75, 3.05) is 32.7 Å². The van der Waals surface area contributed by atoms with E-state index in [0.29, 0.717) is 25.6 Å². The number of likely N-dealkylation sites (tertiary alicyclic amines) is 1. The summed E-state index contributed by atoms with van der Waals surface area (Å²) in [5.41, 5.74) is 0. The molecule has 0 spiro atoms. The number of nitrogens with zero attached hydrogens (tertiary/aromatic N) is 2. The third kappa shape index (κ3) is 4.91. The van der Waals surface area contributed by atoms with E-state index < -0.39 is 10.2 Å². The fourth-order valence-electron chi connectivity index (χ4n) is 3.30. The largest absolute Gasteiger partial charge is 0.299 e. The molecule has 0 amide bonds. The van der Waals surface area contributed by atoms with Crippen LogP contribution < -0.4 is 4.72 Å². The first-order chi connectivity index (χ1) is 9.88. The maximum atomic E-state index is 12.3. The molecule has 2 aliphatic rings. The highest BCUT2D eigenvalue weighted by atomic mass is 32.2. The van der Waals surface area contributed by atoms with Crippen LogP contribution in [0.3, 0.4) is 0 Å². The van der Waals surface area contributed by atoms with Gasteiger partial charge in [-0.05, 0) is 51.0 Å². The summed E-state index contributed by atoms with van der Waals surface area (Å²) in [5.74, 6) is 1.37. The van der Waals surface area contributed by atoms with Crippen LogP contribution >= 0.6 is 0 Å². The smallest absolute Gasteiger partial charge is 0.279 e. The molecular weight excluding hydrogens is 286 g/mol. The van der Waals surface area contributed by atoms with E-state index in [-0.39, 0.29) is 6.04 Å². The molecule has 2 rings (SSSR count). The van der Waals surface area contributed by atoms with Crippen LogP contribution in [0, 0.1) is 11.8 Å². The SMILES string of the molecule is CC1CCN(S(=O)(=O)NC[C@@H](C)N2CCC[C@@H](C)C2)CC1. The van der Waals surface area contributed by atoms with Gasteiger partial charge < -0.3 is 0 Å². The molecule has 0 saturated carbocycles. The molecule has 2 heterocycles. The van der Waals surface area contributed by atoms with Crippen LogP contribution in [0.25, 0.3) is 0 Å². The van der Waals surface area contributed by atoms with E-state index in [2.05, 4.69) is 30.4 Å². The van der Waals surface area contributed by atoms with E-state index in [9.17, 15) is 8.42 Å². The van der Waals surface area contributed by atoms with Gasteiger partial charge in [-0.3, -0.25) is 4.90 Å². The molecule has 2 fully saturated rings. The molecule has 6 heteroatoms. The Morgan fingerprint density at radius 1 is 1.10 bits per heavy atom. The Hall–Kier alpha value is -0.170. The van der Waals surface area contributed by atoms with E-state index in [0.717, 1.165) is 31.8 Å². The van der Waals surface area contributed by atoms with Crippen molar-refractivity contribution in [3.8, 4) is 0 Å². The summed E-state index contributed by atoms with van der Waals surface area (Å²) in [6.07, 6.45) is 4.46. The summed E-state index contributed by atoms with van der Waals surface area (Å²) >= 11 is 0. The van der Waals surface area contributed by atoms with E-state index in [1.54, 1.807) is 4.31 Å². The molecule has 0 radical (unpaired) electrons. The van der Waals surface area contributed by atoms with Crippen LogP contribution in [-0.4, -0.2) is 56.4 Å². The van der Waals surface area contributed by atoms with Gasteiger partial charge in [-0.2, -0.15) is 12.7 Å². The molecule has 5 nitrogen and oxygen atoms in total. The predicted molar refractivity (Wildman–Crippen MR) is 86.3 cm³/mol. The maximum Gasteiger partial charge on any atom is 0.279 e. The second-order valence-corrected chi connectivity index (χ2v) is 8.78. The average molecular weight is 317 g/mol. The van der Waals surface area contributed by atoms with Crippen molar-refractivity contribution in [1.82, 2.24) is 13.9 Å². The quantitative estimate of drug-likeness (QED) is 0.839. The highest BCUT2D eigenvalue weighted by Crippen LogP contribution is 2.19. The third-order valence-electron chi connectivity index (χ3n) is 4.96. The van der Waals surface area contributed by atoms with Gasteiger partial charge >= 0.3 is 0 Å². The molecule has 0 aromatic heterocycles. The molecule has 21 heavy (non-hydrogen) atoms. The lowest BCUT2D eigenvalue weighted by Gasteiger charge is -2.36. The van der Waals surface area contributed by atoms with Gasteiger partial charge in [0.2, 0.25) is 0 Å². The summed E-state index contributed by atoms with van der Waals surface area (Å²) in [7, 11) is -3.30. The van der Waals surface area contributed by atoms with Crippen LogP contribution in [0.1, 0.15) is 46.5 Å². The Kier molecular flexibility index (Phi) is 6.05. The summed E-state index contributed by atoms with van der Waals surface area (Å²) < 4.78 is 29.1. The lowest BCUT2D eigenvalue weighted by molar-refractivity contribution is 0.139. The first-order valence-electron chi connectivity index (χ1n) is 8.37. The van der Waals surface area contributed by atoms with Gasteiger partial charge in [0.15, 0.2) is 0 Å². The molecule has 2 aliphatic heterocycles. The monoisotopic (exact) mass is 317 g/mol. The summed E-state index contributed by atoms with van der Waals surface area (Å²) in [6, 6.07) is 0.270. The van der Waals surface area contributed by atoms with Crippen molar-refractivity contribution in [3.05, 3.63) is 0 Å². The van der Waals surface area contributed by atoms with Gasteiger partial charge in [-0.1, -0.05) is 13.8 Å².